The quantitative estimate of drug-likeness (QED) is 0.443. The van der Waals surface area contributed by atoms with Gasteiger partial charge < -0.3 is 11.5 Å². The van der Waals surface area contributed by atoms with Crippen molar-refractivity contribution in [2.24, 2.45) is 16.5 Å². The van der Waals surface area contributed by atoms with Crippen LogP contribution in [0.5, 0.6) is 0 Å². The van der Waals surface area contributed by atoms with Gasteiger partial charge in [0, 0.05) is 11.0 Å². The Bertz CT molecular complexity index is 458. The van der Waals surface area contributed by atoms with Gasteiger partial charge in [0.1, 0.15) is 0 Å². The molecule has 0 radical (unpaired) electrons. The highest BCUT2D eigenvalue weighted by atomic mass is 79.9. The highest BCUT2D eigenvalue weighted by Gasteiger charge is 2.08. The summed E-state index contributed by atoms with van der Waals surface area (Å²) in [7, 11) is 0. The first-order valence-electron chi connectivity index (χ1n) is 5.31. The third-order valence-electron chi connectivity index (χ3n) is 2.22. The minimum atomic E-state index is -0.146. The molecular weight excluding hydrogens is 330 g/mol. The van der Waals surface area contributed by atoms with E-state index < -0.39 is 0 Å². The van der Waals surface area contributed by atoms with Crippen molar-refractivity contribution in [2.45, 2.75) is 6.54 Å². The molecule has 1 rings (SSSR count). The highest BCUT2D eigenvalue weighted by Crippen LogP contribution is 2.11. The van der Waals surface area contributed by atoms with Gasteiger partial charge in [0.2, 0.25) is 0 Å². The van der Waals surface area contributed by atoms with E-state index in [1.54, 1.807) is 6.08 Å². The molecule has 0 fully saturated rings. The lowest BCUT2D eigenvalue weighted by atomic mass is 10.2. The number of guanidine groups is 2. The van der Waals surface area contributed by atoms with Gasteiger partial charge in [-0.1, -0.05) is 34.1 Å². The SMILES string of the molecule is C=CCN(C(=N)N)C(N)=NCc1ccc(Br)cc1.Cl. The van der Waals surface area contributed by atoms with Gasteiger partial charge in [-0.25, -0.2) is 4.99 Å². The summed E-state index contributed by atoms with van der Waals surface area (Å²) in [6, 6.07) is 7.78. The van der Waals surface area contributed by atoms with E-state index in [1.165, 1.54) is 4.90 Å². The van der Waals surface area contributed by atoms with Crippen LogP contribution in [0.1, 0.15) is 5.56 Å². The van der Waals surface area contributed by atoms with Crippen LogP contribution in [0.4, 0.5) is 0 Å². The van der Waals surface area contributed by atoms with Crippen LogP contribution in [0.25, 0.3) is 0 Å². The number of nitrogens with zero attached hydrogens (tertiary/aromatic N) is 2. The summed E-state index contributed by atoms with van der Waals surface area (Å²) in [6.45, 7) is 4.39. The summed E-state index contributed by atoms with van der Waals surface area (Å²) in [5.74, 6) is 0.0669. The van der Waals surface area contributed by atoms with E-state index in [9.17, 15) is 0 Å². The van der Waals surface area contributed by atoms with E-state index in [0.29, 0.717) is 13.1 Å². The number of benzene rings is 1. The van der Waals surface area contributed by atoms with E-state index in [2.05, 4.69) is 27.5 Å². The number of halogens is 2. The van der Waals surface area contributed by atoms with Crippen molar-refractivity contribution in [3.05, 3.63) is 47.0 Å². The van der Waals surface area contributed by atoms with Crippen LogP contribution < -0.4 is 11.5 Å². The third-order valence-corrected chi connectivity index (χ3v) is 2.74. The van der Waals surface area contributed by atoms with Crippen LogP contribution in [-0.4, -0.2) is 23.4 Å². The molecular formula is C12H17BrClN5. The molecule has 0 aliphatic carbocycles. The summed E-state index contributed by atoms with van der Waals surface area (Å²) in [5, 5.41) is 7.39. The van der Waals surface area contributed by atoms with E-state index in [0.717, 1.165) is 10.0 Å². The van der Waals surface area contributed by atoms with Crippen LogP contribution in [0.3, 0.4) is 0 Å². The van der Waals surface area contributed by atoms with E-state index >= 15 is 0 Å². The average molecular weight is 347 g/mol. The van der Waals surface area contributed by atoms with Crippen molar-refractivity contribution >= 4 is 40.3 Å². The maximum Gasteiger partial charge on any atom is 0.198 e. The molecule has 1 aromatic carbocycles. The van der Waals surface area contributed by atoms with Crippen molar-refractivity contribution in [3.8, 4) is 0 Å². The molecule has 7 heteroatoms. The Morgan fingerprint density at radius 2 is 1.95 bits per heavy atom. The Morgan fingerprint density at radius 3 is 2.42 bits per heavy atom. The van der Waals surface area contributed by atoms with Crippen molar-refractivity contribution in [1.82, 2.24) is 4.90 Å². The maximum absolute atomic E-state index is 7.39. The van der Waals surface area contributed by atoms with Gasteiger partial charge in [0.05, 0.1) is 6.54 Å². The van der Waals surface area contributed by atoms with Crippen LogP contribution in [0.15, 0.2) is 46.4 Å². The van der Waals surface area contributed by atoms with Gasteiger partial charge in [-0.05, 0) is 17.7 Å². The number of nitrogens with one attached hydrogen (secondary N) is 1. The number of hydrogen-bond donors (Lipinski definition) is 3. The fraction of sp³-hybridized carbons (Fsp3) is 0.167. The smallest absolute Gasteiger partial charge is 0.198 e. The summed E-state index contributed by atoms with van der Waals surface area (Å²) in [6.07, 6.45) is 1.61. The molecule has 5 N–H and O–H groups in total. The molecule has 0 saturated carbocycles. The van der Waals surface area contributed by atoms with Crippen LogP contribution >= 0.6 is 28.3 Å². The summed E-state index contributed by atoms with van der Waals surface area (Å²) in [5.41, 5.74) is 12.2. The van der Waals surface area contributed by atoms with E-state index in [1.807, 2.05) is 24.3 Å². The Balaban J connectivity index is 0.00000324. The van der Waals surface area contributed by atoms with Gasteiger partial charge in [-0.2, -0.15) is 0 Å². The fourth-order valence-corrected chi connectivity index (χ4v) is 1.56. The van der Waals surface area contributed by atoms with Gasteiger partial charge in [-0.3, -0.25) is 10.3 Å². The third kappa shape index (κ3) is 5.76. The van der Waals surface area contributed by atoms with Gasteiger partial charge in [0.25, 0.3) is 0 Å². The normalized spacial score (nSPS) is 10.5. The molecule has 1 aromatic rings. The van der Waals surface area contributed by atoms with Crippen LogP contribution in [0, 0.1) is 5.41 Å². The second-order valence-corrected chi connectivity index (χ2v) is 4.50. The Kier molecular flexibility index (Phi) is 7.86. The van der Waals surface area contributed by atoms with Crippen molar-refractivity contribution < 1.29 is 0 Å². The first-order chi connectivity index (χ1) is 8.54. The summed E-state index contributed by atoms with van der Waals surface area (Å²) < 4.78 is 1.01. The lowest BCUT2D eigenvalue weighted by Crippen LogP contribution is -2.45. The Morgan fingerprint density at radius 1 is 1.37 bits per heavy atom. The fourth-order valence-electron chi connectivity index (χ4n) is 1.29. The molecule has 19 heavy (non-hydrogen) atoms. The summed E-state index contributed by atoms with van der Waals surface area (Å²) in [4.78, 5) is 5.58. The molecule has 0 bridgehead atoms. The zero-order chi connectivity index (χ0) is 13.5. The topological polar surface area (TPSA) is 91.5 Å². The number of rotatable bonds is 4. The second-order valence-electron chi connectivity index (χ2n) is 3.59. The van der Waals surface area contributed by atoms with Crippen molar-refractivity contribution in [1.29, 1.82) is 5.41 Å². The first kappa shape index (κ1) is 17.5. The number of nitrogens with two attached hydrogens (primary N) is 2. The number of aliphatic imine (C=N–C) groups is 1. The molecule has 0 unspecified atom stereocenters. The monoisotopic (exact) mass is 345 g/mol. The lowest BCUT2D eigenvalue weighted by molar-refractivity contribution is 0.652. The van der Waals surface area contributed by atoms with Crippen molar-refractivity contribution in [2.75, 3.05) is 6.54 Å². The maximum atomic E-state index is 7.39. The zero-order valence-corrected chi connectivity index (χ0v) is 12.7. The van der Waals surface area contributed by atoms with Gasteiger partial charge in [0.15, 0.2) is 11.9 Å². The first-order valence-corrected chi connectivity index (χ1v) is 6.10. The molecule has 0 aliphatic heterocycles. The minimum absolute atomic E-state index is 0. The molecule has 0 atom stereocenters. The largest absolute Gasteiger partial charge is 0.370 e. The molecule has 0 saturated heterocycles. The zero-order valence-electron chi connectivity index (χ0n) is 10.3. The molecule has 104 valence electrons. The van der Waals surface area contributed by atoms with Crippen molar-refractivity contribution in [3.63, 3.8) is 0 Å². The van der Waals surface area contributed by atoms with Crippen LogP contribution in [0.2, 0.25) is 0 Å². The minimum Gasteiger partial charge on any atom is -0.370 e. The summed E-state index contributed by atoms with van der Waals surface area (Å²) >= 11 is 3.36. The molecule has 0 heterocycles. The molecule has 5 nitrogen and oxygen atoms in total. The molecule has 0 spiro atoms. The Labute approximate surface area is 127 Å². The van der Waals surface area contributed by atoms with E-state index in [4.69, 9.17) is 16.9 Å². The lowest BCUT2D eigenvalue weighted by Gasteiger charge is -2.19. The molecule has 0 aromatic heterocycles. The van der Waals surface area contributed by atoms with E-state index in [-0.39, 0.29) is 24.3 Å². The van der Waals surface area contributed by atoms with Gasteiger partial charge >= 0.3 is 0 Å². The molecule has 0 aliphatic rings. The number of hydrogen-bond acceptors (Lipinski definition) is 2. The predicted molar refractivity (Wildman–Crippen MR) is 85.5 cm³/mol. The molecule has 0 amide bonds. The van der Waals surface area contributed by atoms with Gasteiger partial charge in [-0.15, -0.1) is 19.0 Å². The second kappa shape index (κ2) is 8.55. The Hall–Kier alpha value is -1.53. The standard InChI is InChI=1S/C12H16BrN5.ClH/c1-2-7-18(11(14)15)12(16)17-8-9-3-5-10(13)6-4-9;/h2-6H,1,7-8H2,(H3,14,15)(H2,16,17);1H. The average Bonchev–Trinajstić information content (AvgIpc) is 2.34. The highest BCUT2D eigenvalue weighted by molar-refractivity contribution is 9.10. The van der Waals surface area contributed by atoms with Crippen LogP contribution in [-0.2, 0) is 6.54 Å². The predicted octanol–water partition coefficient (Wildman–Crippen LogP) is 2.07.